The van der Waals surface area contributed by atoms with E-state index >= 15 is 0 Å². The largest absolute Gasteiger partial charge is 0.322 e. The third kappa shape index (κ3) is 3.83. The molecule has 3 rings (SSSR count). The van der Waals surface area contributed by atoms with Gasteiger partial charge in [-0.1, -0.05) is 0 Å². The Hall–Kier alpha value is -1.40. The van der Waals surface area contributed by atoms with Gasteiger partial charge in [0.2, 0.25) is 5.91 Å². The van der Waals surface area contributed by atoms with Crippen LogP contribution in [0.5, 0.6) is 0 Å². The molecule has 0 unspecified atom stereocenters. The van der Waals surface area contributed by atoms with Gasteiger partial charge in [0.15, 0.2) is 0 Å². The second-order valence-corrected chi connectivity index (χ2v) is 6.20. The van der Waals surface area contributed by atoms with Crippen molar-refractivity contribution in [3.05, 3.63) is 12.4 Å². The third-order valence-electron chi connectivity index (χ3n) is 4.57. The first-order valence-electron chi connectivity index (χ1n) is 7.95. The van der Waals surface area contributed by atoms with Crippen molar-refractivity contribution in [1.29, 1.82) is 0 Å². The second-order valence-electron chi connectivity index (χ2n) is 6.20. The Kier molecular flexibility index (Phi) is 4.55. The Labute approximate surface area is 126 Å². The van der Waals surface area contributed by atoms with E-state index in [9.17, 15) is 4.79 Å². The topological polar surface area (TPSA) is 53.4 Å². The molecule has 2 aliphatic rings. The van der Waals surface area contributed by atoms with Crippen LogP contribution in [-0.2, 0) is 11.8 Å². The summed E-state index contributed by atoms with van der Waals surface area (Å²) in [4.78, 5) is 16.9. The number of rotatable bonds is 4. The van der Waals surface area contributed by atoms with Crippen LogP contribution in [0.3, 0.4) is 0 Å². The first-order chi connectivity index (χ1) is 10.2. The summed E-state index contributed by atoms with van der Waals surface area (Å²) in [5.74, 6) is 0.0580. The van der Waals surface area contributed by atoms with Crippen molar-refractivity contribution in [3.8, 4) is 0 Å². The highest BCUT2D eigenvalue weighted by molar-refractivity contribution is 5.91. The maximum Gasteiger partial charge on any atom is 0.238 e. The fourth-order valence-electron chi connectivity index (χ4n) is 3.44. The summed E-state index contributed by atoms with van der Waals surface area (Å²) in [6.45, 7) is 5.09. The summed E-state index contributed by atoms with van der Waals surface area (Å²) in [5, 5.41) is 6.96. The summed E-state index contributed by atoms with van der Waals surface area (Å²) in [6.07, 6.45) is 8.59. The minimum Gasteiger partial charge on any atom is -0.322 e. The molecular weight excluding hydrogens is 266 g/mol. The van der Waals surface area contributed by atoms with E-state index in [0.717, 1.165) is 24.8 Å². The minimum absolute atomic E-state index is 0.0580. The number of amides is 1. The van der Waals surface area contributed by atoms with Gasteiger partial charge in [-0.15, -0.1) is 0 Å². The molecule has 6 heteroatoms. The van der Waals surface area contributed by atoms with E-state index in [1.165, 1.54) is 38.8 Å². The van der Waals surface area contributed by atoms with Gasteiger partial charge in [0, 0.05) is 32.4 Å². The van der Waals surface area contributed by atoms with Crippen LogP contribution in [0.1, 0.15) is 25.7 Å². The first-order valence-corrected chi connectivity index (χ1v) is 7.95. The molecule has 0 radical (unpaired) electrons. The Morgan fingerprint density at radius 2 is 2.00 bits per heavy atom. The standard InChI is InChI=1S/C15H25N5O/c1-18-11-13(10-16-18)17-15(21)12-19-8-4-14(5-9-19)20-6-2-3-7-20/h10-11,14H,2-9,12H2,1H3,(H,17,21). The number of hydrogen-bond acceptors (Lipinski definition) is 4. The second kappa shape index (κ2) is 6.58. The van der Waals surface area contributed by atoms with E-state index in [-0.39, 0.29) is 5.91 Å². The first kappa shape index (κ1) is 14.5. The van der Waals surface area contributed by atoms with Gasteiger partial charge in [0.25, 0.3) is 0 Å². The predicted molar refractivity (Wildman–Crippen MR) is 82.1 cm³/mol. The molecule has 1 amide bonds. The van der Waals surface area contributed by atoms with Crippen molar-refractivity contribution in [1.82, 2.24) is 19.6 Å². The number of carbonyl (C=O) groups is 1. The highest BCUT2D eigenvalue weighted by Crippen LogP contribution is 2.20. The Morgan fingerprint density at radius 3 is 2.62 bits per heavy atom. The molecular formula is C15H25N5O. The molecule has 21 heavy (non-hydrogen) atoms. The molecule has 1 aromatic heterocycles. The van der Waals surface area contributed by atoms with Crippen LogP contribution in [0.2, 0.25) is 0 Å². The summed E-state index contributed by atoms with van der Waals surface area (Å²) in [6, 6.07) is 0.741. The van der Waals surface area contributed by atoms with Crippen molar-refractivity contribution >= 4 is 11.6 Å². The summed E-state index contributed by atoms with van der Waals surface area (Å²) in [7, 11) is 1.85. The van der Waals surface area contributed by atoms with E-state index in [2.05, 4.69) is 20.2 Å². The van der Waals surface area contributed by atoms with E-state index in [4.69, 9.17) is 0 Å². The molecule has 0 bridgehead atoms. The van der Waals surface area contributed by atoms with Crippen LogP contribution in [0, 0.1) is 0 Å². The van der Waals surface area contributed by atoms with E-state index in [1.807, 2.05) is 13.2 Å². The number of carbonyl (C=O) groups excluding carboxylic acids is 1. The number of aromatic nitrogens is 2. The third-order valence-corrected chi connectivity index (χ3v) is 4.57. The van der Waals surface area contributed by atoms with Crippen LogP contribution >= 0.6 is 0 Å². The molecule has 2 saturated heterocycles. The molecule has 0 saturated carbocycles. The van der Waals surface area contributed by atoms with Crippen LogP contribution in [-0.4, -0.2) is 64.3 Å². The summed E-state index contributed by atoms with van der Waals surface area (Å²) >= 11 is 0. The molecule has 0 spiro atoms. The van der Waals surface area contributed by atoms with Crippen LogP contribution < -0.4 is 5.32 Å². The van der Waals surface area contributed by atoms with Crippen molar-refractivity contribution < 1.29 is 4.79 Å². The lowest BCUT2D eigenvalue weighted by atomic mass is 10.0. The van der Waals surface area contributed by atoms with Gasteiger partial charge in [-0.2, -0.15) is 5.10 Å². The summed E-state index contributed by atoms with van der Waals surface area (Å²) < 4.78 is 1.69. The number of anilines is 1. The molecule has 6 nitrogen and oxygen atoms in total. The van der Waals surface area contributed by atoms with Gasteiger partial charge in [-0.3, -0.25) is 14.4 Å². The van der Waals surface area contributed by atoms with Gasteiger partial charge in [0.05, 0.1) is 18.4 Å². The van der Waals surface area contributed by atoms with Crippen LogP contribution in [0.4, 0.5) is 5.69 Å². The zero-order valence-electron chi connectivity index (χ0n) is 12.8. The Bertz CT molecular complexity index is 472. The van der Waals surface area contributed by atoms with Gasteiger partial charge < -0.3 is 10.2 Å². The maximum atomic E-state index is 12.0. The average Bonchev–Trinajstić information content (AvgIpc) is 3.11. The quantitative estimate of drug-likeness (QED) is 0.896. The van der Waals surface area contributed by atoms with Crippen molar-refractivity contribution in [2.75, 3.05) is 38.0 Å². The highest BCUT2D eigenvalue weighted by atomic mass is 16.2. The molecule has 2 aliphatic heterocycles. The molecule has 0 aromatic carbocycles. The van der Waals surface area contributed by atoms with E-state index in [1.54, 1.807) is 10.9 Å². The van der Waals surface area contributed by atoms with Gasteiger partial charge in [-0.25, -0.2) is 0 Å². The molecule has 116 valence electrons. The minimum atomic E-state index is 0.0580. The Balaban J connectivity index is 1.41. The zero-order chi connectivity index (χ0) is 14.7. The van der Waals surface area contributed by atoms with Gasteiger partial charge >= 0.3 is 0 Å². The highest BCUT2D eigenvalue weighted by Gasteiger charge is 2.26. The van der Waals surface area contributed by atoms with E-state index < -0.39 is 0 Å². The molecule has 3 heterocycles. The normalized spacial score (nSPS) is 21.8. The Morgan fingerprint density at radius 1 is 1.29 bits per heavy atom. The lowest BCUT2D eigenvalue weighted by molar-refractivity contribution is -0.117. The number of nitrogens with zero attached hydrogens (tertiary/aromatic N) is 4. The van der Waals surface area contributed by atoms with Gasteiger partial charge in [0.1, 0.15) is 0 Å². The number of nitrogens with one attached hydrogen (secondary N) is 1. The number of likely N-dealkylation sites (tertiary alicyclic amines) is 2. The monoisotopic (exact) mass is 291 g/mol. The maximum absolute atomic E-state index is 12.0. The van der Waals surface area contributed by atoms with Crippen LogP contribution in [0.25, 0.3) is 0 Å². The number of piperidine rings is 1. The number of aryl methyl sites for hydroxylation is 1. The molecule has 2 fully saturated rings. The smallest absolute Gasteiger partial charge is 0.238 e. The fourth-order valence-corrected chi connectivity index (χ4v) is 3.44. The van der Waals surface area contributed by atoms with Crippen molar-refractivity contribution in [2.45, 2.75) is 31.7 Å². The van der Waals surface area contributed by atoms with Gasteiger partial charge in [-0.05, 0) is 38.8 Å². The SMILES string of the molecule is Cn1cc(NC(=O)CN2CCC(N3CCCC3)CC2)cn1. The average molecular weight is 291 g/mol. The molecule has 1 aromatic rings. The predicted octanol–water partition coefficient (Wildman–Crippen LogP) is 0.919. The lowest BCUT2D eigenvalue weighted by Gasteiger charge is -2.36. The lowest BCUT2D eigenvalue weighted by Crippen LogP contribution is -2.45. The number of hydrogen-bond donors (Lipinski definition) is 1. The fraction of sp³-hybridized carbons (Fsp3) is 0.733. The molecule has 1 N–H and O–H groups in total. The van der Waals surface area contributed by atoms with Crippen molar-refractivity contribution in [2.24, 2.45) is 7.05 Å². The molecule has 0 atom stereocenters. The van der Waals surface area contributed by atoms with Crippen molar-refractivity contribution in [3.63, 3.8) is 0 Å². The summed E-state index contributed by atoms with van der Waals surface area (Å²) in [5.41, 5.74) is 0.773. The zero-order valence-corrected chi connectivity index (χ0v) is 12.8. The molecule has 0 aliphatic carbocycles. The van der Waals surface area contributed by atoms with E-state index in [0.29, 0.717) is 6.54 Å². The van der Waals surface area contributed by atoms with Crippen LogP contribution in [0.15, 0.2) is 12.4 Å².